The summed E-state index contributed by atoms with van der Waals surface area (Å²) in [6, 6.07) is -0.440. The minimum Gasteiger partial charge on any atom is -0.480 e. The van der Waals surface area contributed by atoms with Crippen molar-refractivity contribution in [2.45, 2.75) is 40.2 Å². The van der Waals surface area contributed by atoms with Crippen molar-refractivity contribution in [2.75, 3.05) is 26.8 Å². The lowest BCUT2D eigenvalue weighted by atomic mass is 10.1. The normalized spacial score (nSPS) is 13.6. The van der Waals surface area contributed by atoms with Gasteiger partial charge in [-0.05, 0) is 25.3 Å². The van der Waals surface area contributed by atoms with E-state index in [2.05, 4.69) is 27.7 Å². The van der Waals surface area contributed by atoms with Crippen molar-refractivity contribution >= 4 is 5.97 Å². The lowest BCUT2D eigenvalue weighted by Crippen LogP contribution is -2.41. The molecular weight excluding hydrogens is 218 g/mol. The summed E-state index contributed by atoms with van der Waals surface area (Å²) < 4.78 is 5.44. The van der Waals surface area contributed by atoms with Gasteiger partial charge >= 0.3 is 5.97 Å². The zero-order valence-electron chi connectivity index (χ0n) is 11.8. The molecule has 0 aromatic heterocycles. The number of carboxylic acids is 1. The monoisotopic (exact) mass is 245 g/mol. The van der Waals surface area contributed by atoms with Crippen LogP contribution in [-0.2, 0) is 9.53 Å². The van der Waals surface area contributed by atoms with Crippen molar-refractivity contribution in [3.8, 4) is 0 Å². The number of nitrogens with zero attached hydrogens (tertiary/aromatic N) is 1. The van der Waals surface area contributed by atoms with Gasteiger partial charge < -0.3 is 9.84 Å². The van der Waals surface area contributed by atoms with Crippen LogP contribution < -0.4 is 0 Å². The number of carboxylic acid groups (broad SMARTS) is 1. The van der Waals surface area contributed by atoms with Gasteiger partial charge in [0.25, 0.3) is 0 Å². The smallest absolute Gasteiger partial charge is 0.320 e. The first-order chi connectivity index (χ1) is 7.84. The standard InChI is InChI=1S/C13H27NO3/c1-10(2)8-14(5)12(13(15)16)6-7-17-9-11(3)4/h10-12H,6-9H2,1-5H3,(H,15,16). The van der Waals surface area contributed by atoms with Crippen LogP contribution in [0.25, 0.3) is 0 Å². The largest absolute Gasteiger partial charge is 0.480 e. The number of hydrogen-bond acceptors (Lipinski definition) is 3. The van der Waals surface area contributed by atoms with Crippen LogP contribution in [0.1, 0.15) is 34.1 Å². The molecule has 0 bridgehead atoms. The maximum absolute atomic E-state index is 11.2. The van der Waals surface area contributed by atoms with E-state index < -0.39 is 12.0 Å². The molecule has 102 valence electrons. The van der Waals surface area contributed by atoms with Gasteiger partial charge in [-0.15, -0.1) is 0 Å². The van der Waals surface area contributed by atoms with Gasteiger partial charge in [0.15, 0.2) is 0 Å². The Hall–Kier alpha value is -0.610. The number of likely N-dealkylation sites (N-methyl/N-ethyl adjacent to an activating group) is 1. The second kappa shape index (κ2) is 8.48. The number of aliphatic carboxylic acids is 1. The molecule has 0 aromatic carbocycles. The third-order valence-electron chi connectivity index (χ3n) is 2.46. The summed E-state index contributed by atoms with van der Waals surface area (Å²) in [5.41, 5.74) is 0. The SMILES string of the molecule is CC(C)COCCC(C(=O)O)N(C)CC(C)C. The highest BCUT2D eigenvalue weighted by Gasteiger charge is 2.22. The van der Waals surface area contributed by atoms with E-state index in [0.29, 0.717) is 31.5 Å². The van der Waals surface area contributed by atoms with E-state index in [4.69, 9.17) is 9.84 Å². The van der Waals surface area contributed by atoms with Crippen LogP contribution >= 0.6 is 0 Å². The molecular formula is C13H27NO3. The molecule has 0 heterocycles. The van der Waals surface area contributed by atoms with E-state index in [0.717, 1.165) is 6.54 Å². The van der Waals surface area contributed by atoms with E-state index >= 15 is 0 Å². The Morgan fingerprint density at radius 3 is 2.24 bits per heavy atom. The Labute approximate surface area is 105 Å². The van der Waals surface area contributed by atoms with Crippen LogP contribution in [0.5, 0.6) is 0 Å². The van der Waals surface area contributed by atoms with Crippen molar-refractivity contribution < 1.29 is 14.6 Å². The molecule has 4 heteroatoms. The molecule has 0 fully saturated rings. The minimum atomic E-state index is -0.763. The van der Waals surface area contributed by atoms with Crippen LogP contribution in [-0.4, -0.2) is 48.8 Å². The Kier molecular flexibility index (Phi) is 8.17. The summed E-state index contributed by atoms with van der Waals surface area (Å²) in [7, 11) is 1.86. The van der Waals surface area contributed by atoms with E-state index in [9.17, 15) is 4.79 Å². The fourth-order valence-electron chi connectivity index (χ4n) is 1.75. The second-order valence-electron chi connectivity index (χ2n) is 5.44. The van der Waals surface area contributed by atoms with Crippen LogP contribution in [0.4, 0.5) is 0 Å². The lowest BCUT2D eigenvalue weighted by Gasteiger charge is -2.26. The highest BCUT2D eigenvalue weighted by Crippen LogP contribution is 2.07. The molecule has 0 spiro atoms. The van der Waals surface area contributed by atoms with E-state index in [1.165, 1.54) is 0 Å². The zero-order valence-corrected chi connectivity index (χ0v) is 11.8. The fraction of sp³-hybridized carbons (Fsp3) is 0.923. The first kappa shape index (κ1) is 16.4. The summed E-state index contributed by atoms with van der Waals surface area (Å²) in [6.45, 7) is 10.3. The van der Waals surface area contributed by atoms with Gasteiger partial charge in [0.1, 0.15) is 6.04 Å². The highest BCUT2D eigenvalue weighted by atomic mass is 16.5. The van der Waals surface area contributed by atoms with Crippen LogP contribution in [0.15, 0.2) is 0 Å². The quantitative estimate of drug-likeness (QED) is 0.632. The van der Waals surface area contributed by atoms with Crippen LogP contribution in [0.3, 0.4) is 0 Å². The van der Waals surface area contributed by atoms with Gasteiger partial charge in [-0.2, -0.15) is 0 Å². The molecule has 0 aliphatic carbocycles. The molecule has 0 aliphatic rings. The molecule has 4 nitrogen and oxygen atoms in total. The summed E-state index contributed by atoms with van der Waals surface area (Å²) in [4.78, 5) is 13.0. The van der Waals surface area contributed by atoms with Gasteiger partial charge in [-0.3, -0.25) is 9.69 Å². The molecule has 0 aliphatic heterocycles. The molecule has 1 unspecified atom stereocenters. The Morgan fingerprint density at radius 1 is 1.24 bits per heavy atom. The lowest BCUT2D eigenvalue weighted by molar-refractivity contribution is -0.143. The van der Waals surface area contributed by atoms with Crippen LogP contribution in [0, 0.1) is 11.8 Å². The fourth-order valence-corrected chi connectivity index (χ4v) is 1.75. The predicted molar refractivity (Wildman–Crippen MR) is 69.2 cm³/mol. The van der Waals surface area contributed by atoms with E-state index in [1.54, 1.807) is 0 Å². The molecule has 0 amide bonds. The number of hydrogen-bond donors (Lipinski definition) is 1. The molecule has 0 saturated heterocycles. The Morgan fingerprint density at radius 2 is 1.82 bits per heavy atom. The van der Waals surface area contributed by atoms with Crippen molar-refractivity contribution in [2.24, 2.45) is 11.8 Å². The zero-order chi connectivity index (χ0) is 13.4. The third kappa shape index (κ3) is 8.16. The Bertz CT molecular complexity index is 217. The number of carbonyl (C=O) groups is 1. The van der Waals surface area contributed by atoms with Gasteiger partial charge in [0.05, 0.1) is 0 Å². The summed E-state index contributed by atoms with van der Waals surface area (Å²) in [5.74, 6) is 0.200. The Balaban J connectivity index is 4.02. The predicted octanol–water partition coefficient (Wildman–Crippen LogP) is 2.09. The van der Waals surface area contributed by atoms with Gasteiger partial charge in [-0.1, -0.05) is 27.7 Å². The van der Waals surface area contributed by atoms with Gasteiger partial charge in [-0.25, -0.2) is 0 Å². The number of ether oxygens (including phenoxy) is 1. The molecule has 0 aromatic rings. The molecule has 17 heavy (non-hydrogen) atoms. The molecule has 0 rings (SSSR count). The maximum Gasteiger partial charge on any atom is 0.320 e. The first-order valence-corrected chi connectivity index (χ1v) is 6.35. The van der Waals surface area contributed by atoms with E-state index in [-0.39, 0.29) is 0 Å². The first-order valence-electron chi connectivity index (χ1n) is 6.35. The summed E-state index contributed by atoms with van der Waals surface area (Å²) in [6.07, 6.45) is 0.547. The average Bonchev–Trinajstić information content (AvgIpc) is 2.14. The van der Waals surface area contributed by atoms with Crippen molar-refractivity contribution in [3.05, 3.63) is 0 Å². The highest BCUT2D eigenvalue weighted by molar-refractivity contribution is 5.73. The van der Waals surface area contributed by atoms with E-state index in [1.807, 2.05) is 11.9 Å². The molecule has 1 N–H and O–H groups in total. The molecule has 0 saturated carbocycles. The van der Waals surface area contributed by atoms with Crippen molar-refractivity contribution in [1.82, 2.24) is 4.90 Å². The molecule has 0 radical (unpaired) electrons. The van der Waals surface area contributed by atoms with Gasteiger partial charge in [0, 0.05) is 19.8 Å². The molecule has 1 atom stereocenters. The minimum absolute atomic E-state index is 0.440. The second-order valence-corrected chi connectivity index (χ2v) is 5.44. The third-order valence-corrected chi connectivity index (χ3v) is 2.46. The summed E-state index contributed by atoms with van der Waals surface area (Å²) >= 11 is 0. The average molecular weight is 245 g/mol. The number of rotatable bonds is 9. The van der Waals surface area contributed by atoms with Crippen molar-refractivity contribution in [1.29, 1.82) is 0 Å². The van der Waals surface area contributed by atoms with Gasteiger partial charge in [0.2, 0.25) is 0 Å². The topological polar surface area (TPSA) is 49.8 Å². The maximum atomic E-state index is 11.2. The van der Waals surface area contributed by atoms with Crippen LogP contribution in [0.2, 0.25) is 0 Å². The summed E-state index contributed by atoms with van der Waals surface area (Å²) in [5, 5.41) is 9.17. The van der Waals surface area contributed by atoms with Crippen molar-refractivity contribution in [3.63, 3.8) is 0 Å².